The molecule has 0 saturated heterocycles. The Morgan fingerprint density at radius 1 is 1.10 bits per heavy atom. The monoisotopic (exact) mass is 606 g/mol. The number of pyridine rings is 1. The van der Waals surface area contributed by atoms with Crippen molar-refractivity contribution in [3.63, 3.8) is 0 Å². The Labute approximate surface area is 254 Å². The molecule has 3 aromatic rings. The number of rotatable bonds is 14. The van der Waals surface area contributed by atoms with E-state index in [4.69, 9.17) is 4.74 Å². The molecule has 1 heterocycles. The van der Waals surface area contributed by atoms with Gasteiger partial charge in [0, 0.05) is 23.5 Å². The Bertz CT molecular complexity index is 1370. The van der Waals surface area contributed by atoms with Crippen LogP contribution in [0.3, 0.4) is 0 Å². The van der Waals surface area contributed by atoms with Gasteiger partial charge in [0.05, 0.1) is 16.5 Å². The summed E-state index contributed by atoms with van der Waals surface area (Å²) in [5.74, 6) is 1.33. The highest BCUT2D eigenvalue weighted by molar-refractivity contribution is 8.01. The summed E-state index contributed by atoms with van der Waals surface area (Å²) in [7, 11) is 0. The van der Waals surface area contributed by atoms with Crippen LogP contribution in [0.4, 0.5) is 10.5 Å². The van der Waals surface area contributed by atoms with Crippen LogP contribution in [0.25, 0.3) is 11.1 Å². The highest BCUT2D eigenvalue weighted by Crippen LogP contribution is 2.44. The number of fused-ring (bicyclic) bond motifs is 3. The van der Waals surface area contributed by atoms with Crippen LogP contribution < -0.4 is 10.6 Å². The molecule has 11 heteroatoms. The van der Waals surface area contributed by atoms with Gasteiger partial charge in [-0.05, 0) is 39.6 Å². The largest absolute Gasteiger partial charge is 0.449 e. The molecule has 0 radical (unpaired) electrons. The van der Waals surface area contributed by atoms with Gasteiger partial charge < -0.3 is 15.4 Å². The van der Waals surface area contributed by atoms with Gasteiger partial charge in [-0.2, -0.15) is 0 Å². The van der Waals surface area contributed by atoms with E-state index in [1.54, 1.807) is 6.07 Å². The first-order valence-corrected chi connectivity index (χ1v) is 15.9. The number of hydrogen-bond donors (Lipinski definition) is 2. The van der Waals surface area contributed by atoms with Crippen LogP contribution in [-0.4, -0.2) is 46.2 Å². The average Bonchev–Trinajstić information content (AvgIpc) is 3.33. The van der Waals surface area contributed by atoms with Gasteiger partial charge >= 0.3 is 6.09 Å². The fourth-order valence-corrected chi connectivity index (χ4v) is 6.07. The minimum absolute atomic E-state index is 0.0261. The zero-order valence-electron chi connectivity index (χ0n) is 23.5. The second-order valence-electron chi connectivity index (χ2n) is 9.84. The smallest absolute Gasteiger partial charge is 0.407 e. The van der Waals surface area contributed by atoms with Crippen molar-refractivity contribution in [3.05, 3.63) is 105 Å². The first-order valence-electron chi connectivity index (χ1n) is 13.7. The molecule has 1 aliphatic carbocycles. The summed E-state index contributed by atoms with van der Waals surface area (Å²) in [6, 6.07) is 18.7. The third-order valence-corrected chi connectivity index (χ3v) is 8.74. The van der Waals surface area contributed by atoms with E-state index in [9.17, 15) is 19.7 Å². The van der Waals surface area contributed by atoms with Crippen LogP contribution in [0.15, 0.2) is 78.3 Å². The van der Waals surface area contributed by atoms with Crippen molar-refractivity contribution in [1.29, 1.82) is 0 Å². The highest BCUT2D eigenvalue weighted by Gasteiger charge is 2.30. The lowest BCUT2D eigenvalue weighted by Gasteiger charge is -2.23. The lowest BCUT2D eigenvalue weighted by Crippen LogP contribution is -2.50. The van der Waals surface area contributed by atoms with E-state index in [1.807, 2.05) is 49.6 Å². The second kappa shape index (κ2) is 15.4. The Morgan fingerprint density at radius 3 is 2.40 bits per heavy atom. The molecule has 0 saturated carbocycles. The number of nitrogens with one attached hydrogen (secondary N) is 2. The minimum Gasteiger partial charge on any atom is -0.449 e. The number of alkyl carbamates (subject to hydrolysis) is 1. The number of hydrogen-bond acceptors (Lipinski definition) is 8. The SMILES string of the molecule is CC[C@H](C)[C@H](NC(=O)OCC1c2ccccc2-c2ccccc21)C(=O)NCSCC=CSCc1ccc([N+](=O)[O-])cn1. The van der Waals surface area contributed by atoms with Crippen molar-refractivity contribution in [2.24, 2.45) is 5.92 Å². The van der Waals surface area contributed by atoms with Crippen LogP contribution >= 0.6 is 23.5 Å². The van der Waals surface area contributed by atoms with Gasteiger partial charge in [-0.25, -0.2) is 4.79 Å². The Hall–Kier alpha value is -3.83. The minimum atomic E-state index is -0.702. The Morgan fingerprint density at radius 2 is 1.79 bits per heavy atom. The number of thioether (sulfide) groups is 2. The lowest BCUT2D eigenvalue weighted by molar-refractivity contribution is -0.385. The summed E-state index contributed by atoms with van der Waals surface area (Å²) in [4.78, 5) is 40.1. The maximum Gasteiger partial charge on any atom is 0.407 e. The topological polar surface area (TPSA) is 123 Å². The molecule has 2 N–H and O–H groups in total. The second-order valence-corrected chi connectivity index (χ2v) is 11.8. The lowest BCUT2D eigenvalue weighted by atomic mass is 9.98. The maximum atomic E-state index is 13.0. The van der Waals surface area contributed by atoms with Crippen molar-refractivity contribution in [1.82, 2.24) is 15.6 Å². The molecular formula is C31H34N4O5S2. The van der Waals surface area contributed by atoms with Crippen molar-refractivity contribution >= 4 is 41.2 Å². The Balaban J connectivity index is 1.19. The molecule has 1 aromatic heterocycles. The van der Waals surface area contributed by atoms with Crippen LogP contribution in [0, 0.1) is 16.0 Å². The highest BCUT2D eigenvalue weighted by atomic mass is 32.2. The summed E-state index contributed by atoms with van der Waals surface area (Å²) < 4.78 is 5.66. The van der Waals surface area contributed by atoms with Gasteiger partial charge in [0.25, 0.3) is 5.69 Å². The normalized spacial score (nSPS) is 13.7. The van der Waals surface area contributed by atoms with Gasteiger partial charge in [-0.1, -0.05) is 74.9 Å². The molecule has 9 nitrogen and oxygen atoms in total. The number of benzene rings is 2. The molecule has 2 aromatic carbocycles. The van der Waals surface area contributed by atoms with Crippen LogP contribution in [0.2, 0.25) is 0 Å². The molecule has 0 bridgehead atoms. The molecule has 4 rings (SSSR count). The molecule has 42 heavy (non-hydrogen) atoms. The van der Waals surface area contributed by atoms with E-state index < -0.39 is 17.1 Å². The van der Waals surface area contributed by atoms with Gasteiger partial charge in [0.1, 0.15) is 18.8 Å². The molecule has 0 aliphatic heterocycles. The number of nitrogens with zero attached hydrogens (tertiary/aromatic N) is 2. The summed E-state index contributed by atoms with van der Waals surface area (Å²) in [5, 5.41) is 18.3. The quantitative estimate of drug-likeness (QED) is 0.0923. The van der Waals surface area contributed by atoms with E-state index in [1.165, 1.54) is 35.8 Å². The number of amides is 2. The number of carbonyl (C=O) groups excluding carboxylic acids is 2. The number of carbonyl (C=O) groups is 2. The van der Waals surface area contributed by atoms with E-state index in [0.717, 1.165) is 34.4 Å². The van der Waals surface area contributed by atoms with Crippen molar-refractivity contribution < 1.29 is 19.2 Å². The molecule has 0 unspecified atom stereocenters. The van der Waals surface area contributed by atoms with Crippen LogP contribution in [-0.2, 0) is 15.3 Å². The van der Waals surface area contributed by atoms with E-state index in [2.05, 4.69) is 39.9 Å². The third-order valence-electron chi connectivity index (χ3n) is 7.12. The molecule has 0 spiro atoms. The van der Waals surface area contributed by atoms with E-state index >= 15 is 0 Å². The zero-order valence-corrected chi connectivity index (χ0v) is 25.2. The summed E-state index contributed by atoms with van der Waals surface area (Å²) in [6.07, 6.45) is 3.35. The predicted molar refractivity (Wildman–Crippen MR) is 168 cm³/mol. The number of nitro groups is 1. The molecule has 220 valence electrons. The van der Waals surface area contributed by atoms with Crippen molar-refractivity contribution in [2.75, 3.05) is 18.2 Å². The number of aromatic nitrogens is 1. The molecular weight excluding hydrogens is 572 g/mol. The standard InChI is InChI=1S/C31H34N4O5S2/c1-3-21(2)29(30(36)33-20-42-16-8-15-41-19-22-13-14-23(17-32-22)35(38)39)34-31(37)40-18-28-26-11-6-4-9-24(26)25-10-5-7-12-27(25)28/h4-15,17,21,28-29H,3,16,18-20H2,1-2H3,(H,33,36)(H,34,37)/t21-,29-/m0/s1. The molecule has 2 atom stereocenters. The fourth-order valence-electron chi connectivity index (χ4n) is 4.68. The first-order chi connectivity index (χ1) is 20.4. The first kappa shape index (κ1) is 31.1. The van der Waals surface area contributed by atoms with Gasteiger partial charge in [0.2, 0.25) is 5.91 Å². The molecule has 0 fully saturated rings. The van der Waals surface area contributed by atoms with E-state index in [0.29, 0.717) is 17.4 Å². The maximum absolute atomic E-state index is 13.0. The number of ether oxygens (including phenoxy) is 1. The average molecular weight is 607 g/mol. The summed E-state index contributed by atoms with van der Waals surface area (Å²) >= 11 is 3.07. The Kier molecular flexibility index (Phi) is 11.4. The van der Waals surface area contributed by atoms with Gasteiger partial charge in [-0.3, -0.25) is 19.9 Å². The molecule has 2 amide bonds. The summed E-state index contributed by atoms with van der Waals surface area (Å²) in [5.41, 5.74) is 5.32. The van der Waals surface area contributed by atoms with E-state index in [-0.39, 0.29) is 30.0 Å². The van der Waals surface area contributed by atoms with Crippen molar-refractivity contribution in [3.8, 4) is 11.1 Å². The predicted octanol–water partition coefficient (Wildman–Crippen LogP) is 6.50. The third kappa shape index (κ3) is 8.13. The fraction of sp³-hybridized carbons (Fsp3) is 0.323. The molecule has 1 aliphatic rings. The summed E-state index contributed by atoms with van der Waals surface area (Å²) in [6.45, 7) is 4.10. The van der Waals surface area contributed by atoms with Gasteiger partial charge in [-0.15, -0.1) is 23.5 Å². The van der Waals surface area contributed by atoms with Gasteiger partial charge in [0.15, 0.2) is 0 Å². The zero-order chi connectivity index (χ0) is 29.9. The van der Waals surface area contributed by atoms with Crippen molar-refractivity contribution in [2.45, 2.75) is 38.0 Å². The van der Waals surface area contributed by atoms with Crippen LogP contribution in [0.5, 0.6) is 0 Å². The van der Waals surface area contributed by atoms with Crippen LogP contribution in [0.1, 0.15) is 43.0 Å².